The fraction of sp³-hybridized carbons (Fsp3) is 0.333. The van der Waals surface area contributed by atoms with Crippen LogP contribution in [-0.4, -0.2) is 47.3 Å². The minimum absolute atomic E-state index is 0. The summed E-state index contributed by atoms with van der Waals surface area (Å²) >= 11 is 0. The van der Waals surface area contributed by atoms with Gasteiger partial charge in [-0.3, -0.25) is 0 Å². The number of carbonyl (C=O) groups excluding carboxylic acids is 4. The SMILES string of the molecule is O=C([O-])C(=O)[O-].O=C([O-])C(=O)[O-].OCCO.[Na+].[Na+].[Na+].[Na+]. The van der Waals surface area contributed by atoms with Crippen molar-refractivity contribution in [3.8, 4) is 0 Å². The minimum Gasteiger partial charge on any atom is -0.543 e. The van der Waals surface area contributed by atoms with Gasteiger partial charge in [-0.15, -0.1) is 0 Å². The Morgan fingerprint density at radius 2 is 0.650 bits per heavy atom. The molecule has 0 aliphatic heterocycles. The first-order valence-electron chi connectivity index (χ1n) is 3.27. The number of aliphatic hydroxyl groups is 2. The van der Waals surface area contributed by atoms with E-state index in [1.807, 2.05) is 0 Å². The Bertz CT molecular complexity index is 208. The standard InChI is InChI=1S/2C2H2O4.C2H6O2.4Na/c2*3-1(4)2(5)6;3-1-2-4;;;;/h2*(H,3,4)(H,5,6);3-4H,1-2H2;;;;/q;;;4*+1/p-4. The zero-order valence-corrected chi connectivity index (χ0v) is 19.6. The molecule has 0 aromatic carbocycles. The molecule has 14 heteroatoms. The van der Waals surface area contributed by atoms with Crippen molar-refractivity contribution in [3.05, 3.63) is 0 Å². The fourth-order valence-electron chi connectivity index (χ4n) is 0. The van der Waals surface area contributed by atoms with E-state index in [-0.39, 0.29) is 131 Å². The molecule has 0 saturated heterocycles. The molecule has 0 aliphatic rings. The Morgan fingerprint density at radius 3 is 0.650 bits per heavy atom. The molecule has 0 amide bonds. The molecule has 0 unspecified atom stereocenters. The third kappa shape index (κ3) is 60.0. The van der Waals surface area contributed by atoms with Gasteiger partial charge in [0.2, 0.25) is 0 Å². The predicted molar refractivity (Wildman–Crippen MR) is 34.2 cm³/mol. The summed E-state index contributed by atoms with van der Waals surface area (Å²) < 4.78 is 0. The normalized spacial score (nSPS) is 5.90. The van der Waals surface area contributed by atoms with Crippen molar-refractivity contribution in [1.29, 1.82) is 0 Å². The van der Waals surface area contributed by atoms with Crippen molar-refractivity contribution < 1.29 is 168 Å². The molecule has 0 rings (SSSR count). The van der Waals surface area contributed by atoms with Crippen molar-refractivity contribution in [2.45, 2.75) is 0 Å². The zero-order valence-electron chi connectivity index (χ0n) is 11.6. The van der Waals surface area contributed by atoms with E-state index in [0.29, 0.717) is 0 Å². The fourth-order valence-corrected chi connectivity index (χ4v) is 0. The van der Waals surface area contributed by atoms with E-state index in [2.05, 4.69) is 0 Å². The number of carboxylic acids is 4. The summed E-state index contributed by atoms with van der Waals surface area (Å²) in [5.41, 5.74) is 0. The van der Waals surface area contributed by atoms with E-state index in [0.717, 1.165) is 0 Å². The maximum absolute atomic E-state index is 8.93. The Kier molecular flexibility index (Phi) is 70.3. The summed E-state index contributed by atoms with van der Waals surface area (Å²) in [7, 11) is 0. The molecule has 0 aromatic rings. The van der Waals surface area contributed by atoms with Gasteiger partial charge >= 0.3 is 118 Å². The van der Waals surface area contributed by atoms with Crippen LogP contribution >= 0.6 is 0 Å². The molecular formula is C6H6Na4O10. The van der Waals surface area contributed by atoms with Gasteiger partial charge in [0.15, 0.2) is 0 Å². The average Bonchev–Trinajstić information content (AvgIpc) is 2.18. The topological polar surface area (TPSA) is 201 Å². The van der Waals surface area contributed by atoms with Gasteiger partial charge in [0.1, 0.15) is 0 Å². The third-order valence-electron chi connectivity index (χ3n) is 0.433. The van der Waals surface area contributed by atoms with Crippen molar-refractivity contribution in [3.63, 3.8) is 0 Å². The van der Waals surface area contributed by atoms with Crippen LogP contribution in [0.25, 0.3) is 0 Å². The van der Waals surface area contributed by atoms with E-state index in [1.165, 1.54) is 0 Å². The van der Waals surface area contributed by atoms with Crippen LogP contribution in [0.4, 0.5) is 0 Å². The number of aliphatic hydroxyl groups excluding tert-OH is 2. The molecule has 0 aromatic heterocycles. The first kappa shape index (κ1) is 43.1. The summed E-state index contributed by atoms with van der Waals surface area (Å²) in [5, 5.41) is 51.0. The summed E-state index contributed by atoms with van der Waals surface area (Å²) in [5.74, 6) is -8.74. The second-order valence-electron chi connectivity index (χ2n) is 1.60. The quantitative estimate of drug-likeness (QED) is 0.343. The number of hydrogen-bond acceptors (Lipinski definition) is 10. The van der Waals surface area contributed by atoms with E-state index < -0.39 is 23.9 Å². The van der Waals surface area contributed by atoms with Crippen LogP contribution in [0, 0.1) is 0 Å². The van der Waals surface area contributed by atoms with Crippen molar-refractivity contribution in [2.24, 2.45) is 0 Å². The van der Waals surface area contributed by atoms with E-state index in [1.54, 1.807) is 0 Å². The molecule has 0 spiro atoms. The number of hydrogen-bond donors (Lipinski definition) is 2. The van der Waals surface area contributed by atoms with E-state index >= 15 is 0 Å². The van der Waals surface area contributed by atoms with Crippen LogP contribution in [0.2, 0.25) is 0 Å². The summed E-state index contributed by atoms with van der Waals surface area (Å²) in [4.78, 5) is 35.7. The van der Waals surface area contributed by atoms with Gasteiger partial charge in [-0.25, -0.2) is 0 Å². The Hall–Kier alpha value is 1.80. The maximum Gasteiger partial charge on any atom is 1.00 e. The van der Waals surface area contributed by atoms with Gasteiger partial charge in [-0.2, -0.15) is 0 Å². The average molecular weight is 330 g/mol. The first-order chi connectivity index (χ1) is 7.20. The Morgan fingerprint density at radius 1 is 0.550 bits per heavy atom. The zero-order chi connectivity index (χ0) is 13.7. The number of carboxylic acid groups (broad SMARTS) is 4. The van der Waals surface area contributed by atoms with Gasteiger partial charge in [0, 0.05) is 0 Å². The van der Waals surface area contributed by atoms with Crippen LogP contribution in [0.5, 0.6) is 0 Å². The largest absolute Gasteiger partial charge is 1.00 e. The molecule has 0 aliphatic carbocycles. The van der Waals surface area contributed by atoms with Crippen LogP contribution in [-0.2, 0) is 19.2 Å². The van der Waals surface area contributed by atoms with Crippen molar-refractivity contribution >= 4 is 23.9 Å². The number of carbonyl (C=O) groups is 4. The molecule has 0 bridgehead atoms. The van der Waals surface area contributed by atoms with Crippen molar-refractivity contribution in [2.75, 3.05) is 13.2 Å². The van der Waals surface area contributed by atoms with Gasteiger partial charge in [-0.1, -0.05) is 0 Å². The summed E-state index contributed by atoms with van der Waals surface area (Å²) in [6.07, 6.45) is 0. The van der Waals surface area contributed by atoms with E-state index in [4.69, 9.17) is 49.8 Å². The first-order valence-corrected chi connectivity index (χ1v) is 3.27. The summed E-state index contributed by atoms with van der Waals surface area (Å²) in [6.45, 7) is -0.250. The van der Waals surface area contributed by atoms with Gasteiger partial charge in [0.05, 0.1) is 37.1 Å². The second-order valence-corrected chi connectivity index (χ2v) is 1.60. The van der Waals surface area contributed by atoms with Gasteiger partial charge < -0.3 is 49.8 Å². The summed E-state index contributed by atoms with van der Waals surface area (Å²) in [6, 6.07) is 0. The molecule has 0 saturated carbocycles. The number of aliphatic carboxylic acids is 4. The molecule has 0 fully saturated rings. The minimum atomic E-state index is -2.19. The molecular weight excluding hydrogens is 324 g/mol. The molecule has 2 N–H and O–H groups in total. The van der Waals surface area contributed by atoms with Gasteiger partial charge in [-0.05, 0) is 0 Å². The van der Waals surface area contributed by atoms with Crippen LogP contribution in [0.1, 0.15) is 0 Å². The molecule has 0 atom stereocenters. The third-order valence-corrected chi connectivity index (χ3v) is 0.433. The van der Waals surface area contributed by atoms with Crippen molar-refractivity contribution in [1.82, 2.24) is 0 Å². The molecule has 0 heterocycles. The Balaban J connectivity index is -0.0000000234. The predicted octanol–water partition coefficient (Wildman–Crippen LogP) is -20.0. The van der Waals surface area contributed by atoms with Crippen LogP contribution in [0.15, 0.2) is 0 Å². The number of rotatable bonds is 1. The molecule has 20 heavy (non-hydrogen) atoms. The maximum atomic E-state index is 8.93. The van der Waals surface area contributed by atoms with Crippen LogP contribution < -0.4 is 139 Å². The Labute approximate surface area is 202 Å². The second kappa shape index (κ2) is 32.7. The molecule has 10 nitrogen and oxygen atoms in total. The molecule has 94 valence electrons. The van der Waals surface area contributed by atoms with Gasteiger partial charge in [0.25, 0.3) is 0 Å². The van der Waals surface area contributed by atoms with Crippen LogP contribution in [0.3, 0.4) is 0 Å². The molecule has 0 radical (unpaired) electrons. The van der Waals surface area contributed by atoms with E-state index in [9.17, 15) is 0 Å². The smallest absolute Gasteiger partial charge is 0.543 e. The monoisotopic (exact) mass is 330 g/mol.